The molecule has 3 nitrogen and oxygen atoms in total. The van der Waals surface area contributed by atoms with Crippen LogP contribution in [0.1, 0.15) is 0 Å². The maximum Gasteiger partial charge on any atom is 0.215 e. The Hall–Kier alpha value is -3.59. The van der Waals surface area contributed by atoms with E-state index in [1.54, 1.807) is 0 Å². The number of aromatic nitrogens is 3. The predicted octanol–water partition coefficient (Wildman–Crippen LogP) is 5.81. The number of fused-ring (bicyclic) bond motifs is 3. The van der Waals surface area contributed by atoms with Gasteiger partial charge in [-0.1, -0.05) is 72.8 Å². The molecule has 5 rings (SSSR count). The molecule has 130 valence electrons. The number of benzene rings is 3. The predicted molar refractivity (Wildman–Crippen MR) is 112 cm³/mol. The van der Waals surface area contributed by atoms with Crippen LogP contribution in [0.2, 0.25) is 0 Å². The summed E-state index contributed by atoms with van der Waals surface area (Å²) in [6, 6.07) is 27.4. The number of nitrogens with zero attached hydrogens (tertiary/aromatic N) is 3. The second-order valence-corrected chi connectivity index (χ2v) is 6.63. The Morgan fingerprint density at radius 2 is 1.37 bits per heavy atom. The van der Waals surface area contributed by atoms with E-state index in [1.165, 1.54) is 16.6 Å². The molecule has 0 saturated heterocycles. The Morgan fingerprint density at radius 3 is 2.11 bits per heavy atom. The summed E-state index contributed by atoms with van der Waals surface area (Å²) in [5, 5.41) is 0. The molecular weight excluding hydrogens is 330 g/mol. The van der Waals surface area contributed by atoms with Crippen LogP contribution in [0.4, 0.5) is 0 Å². The Labute approximate surface area is 157 Å². The minimum absolute atomic E-state index is 0.737. The highest BCUT2D eigenvalue weighted by molar-refractivity contribution is 5.82. The molecule has 0 atom stereocenters. The first-order valence-electron chi connectivity index (χ1n) is 9.08. The van der Waals surface area contributed by atoms with Crippen molar-refractivity contribution in [2.45, 2.75) is 6.54 Å². The third kappa shape index (κ3) is 2.56. The van der Waals surface area contributed by atoms with Gasteiger partial charge < -0.3 is 4.57 Å². The highest BCUT2D eigenvalue weighted by Gasteiger charge is 2.13. The zero-order valence-electron chi connectivity index (χ0n) is 14.9. The van der Waals surface area contributed by atoms with Gasteiger partial charge in [0.2, 0.25) is 5.78 Å². The number of rotatable bonds is 4. The standard InChI is InChI=1S/C24H19N3/c1-2-16-26-22-10-6-7-11-23(22)27-17-21(25-24(26)27)20-14-12-19(13-15-20)18-8-4-3-5-9-18/h2-15,17H,1,16H2. The average molecular weight is 349 g/mol. The summed E-state index contributed by atoms with van der Waals surface area (Å²) in [5.41, 5.74) is 6.87. The fraction of sp³-hybridized carbons (Fsp3) is 0.0417. The molecule has 0 aliphatic rings. The van der Waals surface area contributed by atoms with Crippen molar-refractivity contribution in [1.82, 2.24) is 14.0 Å². The molecule has 0 saturated carbocycles. The summed E-state index contributed by atoms with van der Waals surface area (Å²) in [6.07, 6.45) is 4.03. The number of allylic oxidation sites excluding steroid dienone is 1. The van der Waals surface area contributed by atoms with E-state index in [9.17, 15) is 0 Å². The highest BCUT2D eigenvalue weighted by Crippen LogP contribution is 2.27. The molecule has 0 radical (unpaired) electrons. The molecule has 0 unspecified atom stereocenters. The summed E-state index contributed by atoms with van der Waals surface area (Å²) < 4.78 is 4.36. The van der Waals surface area contributed by atoms with Crippen LogP contribution in [0.25, 0.3) is 39.2 Å². The summed E-state index contributed by atoms with van der Waals surface area (Å²) >= 11 is 0. The third-order valence-corrected chi connectivity index (χ3v) is 4.96. The summed E-state index contributed by atoms with van der Waals surface area (Å²) in [6.45, 7) is 4.63. The molecule has 0 spiro atoms. The second-order valence-electron chi connectivity index (χ2n) is 6.63. The van der Waals surface area contributed by atoms with Gasteiger partial charge in [0, 0.05) is 18.3 Å². The van der Waals surface area contributed by atoms with E-state index in [1.807, 2.05) is 12.1 Å². The van der Waals surface area contributed by atoms with E-state index in [4.69, 9.17) is 4.98 Å². The van der Waals surface area contributed by atoms with Gasteiger partial charge in [0.1, 0.15) is 0 Å². The molecule has 2 aromatic heterocycles. The van der Waals surface area contributed by atoms with Gasteiger partial charge in [-0.3, -0.25) is 4.40 Å². The molecule has 0 N–H and O–H groups in total. The zero-order valence-corrected chi connectivity index (χ0v) is 14.9. The molecule has 0 aliphatic heterocycles. The zero-order chi connectivity index (χ0) is 18.2. The first-order valence-corrected chi connectivity index (χ1v) is 9.08. The van der Waals surface area contributed by atoms with E-state index in [2.05, 4.69) is 94.5 Å². The fourth-order valence-corrected chi connectivity index (χ4v) is 3.65. The SMILES string of the molecule is C=CCn1c2ccccc2n2cc(-c3ccc(-c4ccccc4)cc3)nc12. The van der Waals surface area contributed by atoms with Gasteiger partial charge in [0.25, 0.3) is 0 Å². The van der Waals surface area contributed by atoms with Crippen LogP contribution in [0.3, 0.4) is 0 Å². The van der Waals surface area contributed by atoms with E-state index >= 15 is 0 Å². The van der Waals surface area contributed by atoms with Gasteiger partial charge in [-0.15, -0.1) is 6.58 Å². The molecule has 5 aromatic rings. The molecule has 3 heteroatoms. The van der Waals surface area contributed by atoms with Crippen LogP contribution in [-0.2, 0) is 6.54 Å². The Balaban J connectivity index is 1.61. The normalized spacial score (nSPS) is 11.3. The van der Waals surface area contributed by atoms with Crippen LogP contribution < -0.4 is 0 Å². The van der Waals surface area contributed by atoms with Crippen LogP contribution >= 0.6 is 0 Å². The molecule has 0 bridgehead atoms. The van der Waals surface area contributed by atoms with Crippen LogP contribution in [0, 0.1) is 0 Å². The Morgan fingerprint density at radius 1 is 0.741 bits per heavy atom. The largest absolute Gasteiger partial charge is 0.306 e. The molecular formula is C24H19N3. The molecule has 2 heterocycles. The second kappa shape index (κ2) is 6.29. The fourth-order valence-electron chi connectivity index (χ4n) is 3.65. The van der Waals surface area contributed by atoms with Crippen molar-refractivity contribution >= 4 is 16.8 Å². The lowest BCUT2D eigenvalue weighted by molar-refractivity contribution is 0.874. The van der Waals surface area contributed by atoms with Gasteiger partial charge in [-0.25, -0.2) is 4.98 Å². The number of imidazole rings is 2. The third-order valence-electron chi connectivity index (χ3n) is 4.96. The minimum atomic E-state index is 0.737. The van der Waals surface area contributed by atoms with Gasteiger partial charge in [0.15, 0.2) is 0 Å². The Kier molecular flexibility index (Phi) is 3.65. The minimum Gasteiger partial charge on any atom is -0.306 e. The van der Waals surface area contributed by atoms with Crippen LogP contribution in [0.5, 0.6) is 0 Å². The maximum atomic E-state index is 4.92. The highest BCUT2D eigenvalue weighted by atomic mass is 15.2. The number of para-hydroxylation sites is 2. The van der Waals surface area contributed by atoms with Crippen molar-refractivity contribution in [2.24, 2.45) is 0 Å². The molecule has 0 aliphatic carbocycles. The van der Waals surface area contributed by atoms with Crippen LogP contribution in [-0.4, -0.2) is 14.0 Å². The van der Waals surface area contributed by atoms with Crippen molar-refractivity contribution in [3.05, 3.63) is 97.7 Å². The number of hydrogen-bond donors (Lipinski definition) is 0. The van der Waals surface area contributed by atoms with Crippen molar-refractivity contribution in [1.29, 1.82) is 0 Å². The lowest BCUT2D eigenvalue weighted by Crippen LogP contribution is -1.95. The van der Waals surface area contributed by atoms with Crippen molar-refractivity contribution < 1.29 is 0 Å². The van der Waals surface area contributed by atoms with Crippen LogP contribution in [0.15, 0.2) is 97.7 Å². The summed E-state index contributed by atoms with van der Waals surface area (Å²) in [5.74, 6) is 0.943. The van der Waals surface area contributed by atoms with E-state index in [0.29, 0.717) is 0 Å². The number of hydrogen-bond acceptors (Lipinski definition) is 1. The van der Waals surface area contributed by atoms with E-state index < -0.39 is 0 Å². The van der Waals surface area contributed by atoms with Crippen molar-refractivity contribution in [3.8, 4) is 22.4 Å². The lowest BCUT2D eigenvalue weighted by Gasteiger charge is -2.03. The quantitative estimate of drug-likeness (QED) is 0.375. The van der Waals surface area contributed by atoms with Crippen molar-refractivity contribution in [3.63, 3.8) is 0 Å². The lowest BCUT2D eigenvalue weighted by atomic mass is 10.0. The van der Waals surface area contributed by atoms with E-state index in [0.717, 1.165) is 29.1 Å². The summed E-state index contributed by atoms with van der Waals surface area (Å²) in [4.78, 5) is 4.92. The van der Waals surface area contributed by atoms with Gasteiger partial charge >= 0.3 is 0 Å². The smallest absolute Gasteiger partial charge is 0.215 e. The van der Waals surface area contributed by atoms with Gasteiger partial charge in [0.05, 0.1) is 16.7 Å². The van der Waals surface area contributed by atoms with Gasteiger partial charge in [-0.2, -0.15) is 0 Å². The molecule has 3 aromatic carbocycles. The monoisotopic (exact) mass is 349 g/mol. The average Bonchev–Trinajstić information content (AvgIpc) is 3.28. The van der Waals surface area contributed by atoms with E-state index in [-0.39, 0.29) is 0 Å². The summed E-state index contributed by atoms with van der Waals surface area (Å²) in [7, 11) is 0. The molecule has 0 amide bonds. The maximum absolute atomic E-state index is 4.92. The first kappa shape index (κ1) is 15.6. The Bertz CT molecular complexity index is 1240. The van der Waals surface area contributed by atoms with Crippen molar-refractivity contribution in [2.75, 3.05) is 0 Å². The topological polar surface area (TPSA) is 22.2 Å². The van der Waals surface area contributed by atoms with Gasteiger partial charge in [-0.05, 0) is 23.3 Å². The molecule has 27 heavy (non-hydrogen) atoms. The first-order chi connectivity index (χ1) is 13.3. The molecule has 0 fully saturated rings.